The molecule has 2 N–H and O–H groups in total. The van der Waals surface area contributed by atoms with E-state index in [1.807, 2.05) is 0 Å². The molecule has 3 nitrogen and oxygen atoms in total. The zero-order chi connectivity index (χ0) is 17.3. The van der Waals surface area contributed by atoms with Crippen LogP contribution < -0.4 is 5.32 Å². The van der Waals surface area contributed by atoms with Gasteiger partial charge in [0.25, 0.3) is 0 Å². The van der Waals surface area contributed by atoms with E-state index >= 15 is 0 Å². The number of aliphatic hydroxyl groups is 1. The van der Waals surface area contributed by atoms with Crippen molar-refractivity contribution in [2.45, 2.75) is 18.4 Å². The van der Waals surface area contributed by atoms with Gasteiger partial charge in [-0.25, -0.2) is 13.2 Å². The lowest BCUT2D eigenvalue weighted by Crippen LogP contribution is -2.30. The van der Waals surface area contributed by atoms with Crippen LogP contribution in [-0.2, 0) is 4.79 Å². The summed E-state index contributed by atoms with van der Waals surface area (Å²) in [5, 5.41) is 12.5. The molecule has 1 saturated carbocycles. The summed E-state index contributed by atoms with van der Waals surface area (Å²) in [5.41, 5.74) is 0.418. The molecule has 0 heterocycles. The molecule has 1 aliphatic rings. The first kappa shape index (κ1) is 16.5. The molecule has 2 aromatic carbocycles. The quantitative estimate of drug-likeness (QED) is 0.882. The first-order valence-corrected chi connectivity index (χ1v) is 7.62. The third-order valence-corrected chi connectivity index (χ3v) is 4.22. The molecule has 0 saturated heterocycles. The van der Waals surface area contributed by atoms with Gasteiger partial charge in [0.2, 0.25) is 5.91 Å². The van der Waals surface area contributed by atoms with Gasteiger partial charge in [-0.3, -0.25) is 4.79 Å². The molecule has 0 aliphatic heterocycles. The Bertz CT molecular complexity index is 728. The van der Waals surface area contributed by atoms with Crippen molar-refractivity contribution < 1.29 is 23.1 Å². The van der Waals surface area contributed by atoms with Crippen LogP contribution in [0, 0.1) is 23.4 Å². The molecule has 24 heavy (non-hydrogen) atoms. The van der Waals surface area contributed by atoms with Crippen LogP contribution in [0.2, 0.25) is 0 Å². The number of aliphatic hydroxyl groups excluding tert-OH is 1. The Labute approximate surface area is 137 Å². The maximum Gasteiger partial charge on any atom is 0.223 e. The highest BCUT2D eigenvalue weighted by Crippen LogP contribution is 2.49. The van der Waals surface area contributed by atoms with Gasteiger partial charge in [-0.05, 0) is 36.2 Å². The lowest BCUT2D eigenvalue weighted by Gasteiger charge is -2.12. The summed E-state index contributed by atoms with van der Waals surface area (Å²) in [7, 11) is 0. The van der Waals surface area contributed by atoms with Crippen LogP contribution in [0.15, 0.2) is 42.5 Å². The number of hydrogen-bond acceptors (Lipinski definition) is 2. The molecule has 3 unspecified atom stereocenters. The second-order valence-corrected chi connectivity index (χ2v) is 5.90. The molecule has 126 valence electrons. The highest BCUT2D eigenvalue weighted by Gasteiger charge is 2.46. The van der Waals surface area contributed by atoms with Crippen LogP contribution in [0.3, 0.4) is 0 Å². The summed E-state index contributed by atoms with van der Waals surface area (Å²) in [6, 6.07) is 8.93. The van der Waals surface area contributed by atoms with E-state index in [-0.39, 0.29) is 18.0 Å². The molecule has 2 aromatic rings. The summed E-state index contributed by atoms with van der Waals surface area (Å²) >= 11 is 0. The monoisotopic (exact) mass is 335 g/mol. The van der Waals surface area contributed by atoms with Gasteiger partial charge in [-0.1, -0.05) is 18.2 Å². The fraction of sp³-hybridized carbons (Fsp3) is 0.278. The Balaban J connectivity index is 1.56. The zero-order valence-electron chi connectivity index (χ0n) is 12.7. The summed E-state index contributed by atoms with van der Waals surface area (Å²) in [4.78, 5) is 12.1. The predicted molar refractivity (Wildman–Crippen MR) is 81.6 cm³/mol. The minimum absolute atomic E-state index is 0.0482. The molecule has 1 aliphatic carbocycles. The van der Waals surface area contributed by atoms with Crippen LogP contribution in [0.4, 0.5) is 13.2 Å². The Kier molecular flexibility index (Phi) is 4.57. The van der Waals surface area contributed by atoms with E-state index in [2.05, 4.69) is 5.32 Å². The average Bonchev–Trinajstić information content (AvgIpc) is 3.33. The van der Waals surface area contributed by atoms with E-state index in [1.54, 1.807) is 0 Å². The average molecular weight is 335 g/mol. The third kappa shape index (κ3) is 3.43. The minimum atomic E-state index is -0.975. The van der Waals surface area contributed by atoms with Crippen LogP contribution in [0.5, 0.6) is 0 Å². The number of carbonyl (C=O) groups is 1. The smallest absolute Gasteiger partial charge is 0.223 e. The largest absolute Gasteiger partial charge is 0.387 e. The Morgan fingerprint density at radius 2 is 1.75 bits per heavy atom. The highest BCUT2D eigenvalue weighted by atomic mass is 19.1. The number of hydrogen-bond donors (Lipinski definition) is 2. The predicted octanol–water partition coefficient (Wildman–Crippen LogP) is 3.06. The second-order valence-electron chi connectivity index (χ2n) is 5.90. The lowest BCUT2D eigenvalue weighted by molar-refractivity contribution is -0.122. The topological polar surface area (TPSA) is 49.3 Å². The maximum absolute atomic E-state index is 13.7. The van der Waals surface area contributed by atoms with E-state index in [1.165, 1.54) is 42.5 Å². The lowest BCUT2D eigenvalue weighted by atomic mass is 10.1. The minimum Gasteiger partial charge on any atom is -0.387 e. The summed E-state index contributed by atoms with van der Waals surface area (Å²) in [6.07, 6.45) is -0.604. The fourth-order valence-corrected chi connectivity index (χ4v) is 2.80. The van der Waals surface area contributed by atoms with Crippen molar-refractivity contribution >= 4 is 5.91 Å². The van der Waals surface area contributed by atoms with Crippen molar-refractivity contribution in [3.05, 3.63) is 71.0 Å². The SMILES string of the molecule is O=C(NCC(O)c1ccc(F)cc1)C1CC1c1c(F)cccc1F. The van der Waals surface area contributed by atoms with Crippen molar-refractivity contribution in [3.8, 4) is 0 Å². The zero-order valence-corrected chi connectivity index (χ0v) is 12.7. The van der Waals surface area contributed by atoms with Gasteiger partial charge in [-0.15, -0.1) is 0 Å². The van der Waals surface area contributed by atoms with Gasteiger partial charge in [0.15, 0.2) is 0 Å². The standard InChI is InChI=1S/C18H16F3NO2/c19-11-6-4-10(5-7-11)16(23)9-22-18(24)13-8-12(13)17-14(20)2-1-3-15(17)21/h1-7,12-13,16,23H,8-9H2,(H,22,24). The van der Waals surface area contributed by atoms with Crippen LogP contribution >= 0.6 is 0 Å². The van der Waals surface area contributed by atoms with E-state index in [0.717, 1.165) is 0 Å². The maximum atomic E-state index is 13.7. The van der Waals surface area contributed by atoms with E-state index in [4.69, 9.17) is 0 Å². The van der Waals surface area contributed by atoms with Gasteiger partial charge in [0.1, 0.15) is 17.5 Å². The van der Waals surface area contributed by atoms with Crippen LogP contribution in [0.1, 0.15) is 29.6 Å². The Hall–Kier alpha value is -2.34. The first-order chi connectivity index (χ1) is 11.5. The van der Waals surface area contributed by atoms with Gasteiger partial charge in [0, 0.05) is 23.9 Å². The molecule has 6 heteroatoms. The number of halogens is 3. The molecular formula is C18H16F3NO2. The Morgan fingerprint density at radius 1 is 1.12 bits per heavy atom. The van der Waals surface area contributed by atoms with Gasteiger partial charge in [0.05, 0.1) is 6.10 Å². The highest BCUT2D eigenvalue weighted by molar-refractivity contribution is 5.83. The summed E-state index contributed by atoms with van der Waals surface area (Å²) in [6.45, 7) is -0.0482. The normalized spacial score (nSPS) is 20.5. The molecule has 0 bridgehead atoms. The molecule has 0 spiro atoms. The number of carbonyl (C=O) groups excluding carboxylic acids is 1. The molecular weight excluding hydrogens is 319 g/mol. The van der Waals surface area contributed by atoms with E-state index in [0.29, 0.717) is 12.0 Å². The van der Waals surface area contributed by atoms with Crippen LogP contribution in [0.25, 0.3) is 0 Å². The number of amides is 1. The van der Waals surface area contributed by atoms with E-state index < -0.39 is 35.4 Å². The van der Waals surface area contributed by atoms with Crippen molar-refractivity contribution in [2.75, 3.05) is 6.54 Å². The van der Waals surface area contributed by atoms with Crippen molar-refractivity contribution in [1.29, 1.82) is 0 Å². The van der Waals surface area contributed by atoms with Gasteiger partial charge in [-0.2, -0.15) is 0 Å². The second kappa shape index (κ2) is 6.65. The molecule has 1 fully saturated rings. The van der Waals surface area contributed by atoms with E-state index in [9.17, 15) is 23.1 Å². The van der Waals surface area contributed by atoms with Crippen molar-refractivity contribution in [1.82, 2.24) is 5.32 Å². The molecule has 1 amide bonds. The fourth-order valence-electron chi connectivity index (χ4n) is 2.80. The number of nitrogens with one attached hydrogen (secondary N) is 1. The molecule has 0 radical (unpaired) electrons. The van der Waals surface area contributed by atoms with Gasteiger partial charge >= 0.3 is 0 Å². The number of rotatable bonds is 5. The summed E-state index contributed by atoms with van der Waals surface area (Å²) in [5.74, 6) is -3.05. The molecule has 3 atom stereocenters. The summed E-state index contributed by atoms with van der Waals surface area (Å²) < 4.78 is 40.2. The third-order valence-electron chi connectivity index (χ3n) is 4.22. The Morgan fingerprint density at radius 3 is 2.38 bits per heavy atom. The van der Waals surface area contributed by atoms with Gasteiger partial charge < -0.3 is 10.4 Å². The van der Waals surface area contributed by atoms with Crippen molar-refractivity contribution in [3.63, 3.8) is 0 Å². The molecule has 3 rings (SSSR count). The molecule has 0 aromatic heterocycles. The number of benzene rings is 2. The first-order valence-electron chi connectivity index (χ1n) is 7.62. The van der Waals surface area contributed by atoms with Crippen LogP contribution in [-0.4, -0.2) is 17.6 Å². The van der Waals surface area contributed by atoms with Crippen molar-refractivity contribution in [2.24, 2.45) is 5.92 Å².